The minimum Gasteiger partial charge on any atom is -0.419 e. The number of aromatic nitrogens is 3. The van der Waals surface area contributed by atoms with Gasteiger partial charge in [-0.3, -0.25) is 0 Å². The first-order chi connectivity index (χ1) is 11.7. The lowest BCUT2D eigenvalue weighted by Crippen LogP contribution is -2.09. The zero-order valence-corrected chi connectivity index (χ0v) is 13.9. The van der Waals surface area contributed by atoms with Gasteiger partial charge in [0.1, 0.15) is 10.4 Å². The van der Waals surface area contributed by atoms with E-state index in [2.05, 4.69) is 31.1 Å². The number of halogens is 5. The Bertz CT molecular complexity index is 909. The Morgan fingerprint density at radius 1 is 1.12 bits per heavy atom. The molecule has 0 aliphatic rings. The van der Waals surface area contributed by atoms with E-state index >= 15 is 0 Å². The molecular formula is C15H9BrF4N4O. The molecule has 0 saturated carbocycles. The normalized spacial score (nSPS) is 11.7. The average molecular weight is 417 g/mol. The summed E-state index contributed by atoms with van der Waals surface area (Å²) in [4.78, 5) is 3.77. The molecule has 0 aliphatic heterocycles. The highest BCUT2D eigenvalue weighted by molar-refractivity contribution is 9.10. The second-order valence-corrected chi connectivity index (χ2v) is 5.82. The zero-order chi connectivity index (χ0) is 18.2. The van der Waals surface area contributed by atoms with Crippen LogP contribution in [0.25, 0.3) is 11.6 Å². The highest BCUT2D eigenvalue weighted by atomic mass is 79.9. The van der Waals surface area contributed by atoms with Gasteiger partial charge in [0.2, 0.25) is 5.89 Å². The molecule has 3 aromatic rings. The monoisotopic (exact) mass is 416 g/mol. The molecule has 0 spiro atoms. The summed E-state index contributed by atoms with van der Waals surface area (Å²) >= 11 is 2.77. The van der Waals surface area contributed by atoms with Crippen LogP contribution in [-0.4, -0.2) is 15.2 Å². The number of hydrogen-bond donors (Lipinski definition) is 1. The fourth-order valence-corrected chi connectivity index (χ4v) is 2.59. The molecule has 0 aliphatic carbocycles. The van der Waals surface area contributed by atoms with Crippen molar-refractivity contribution in [2.75, 3.05) is 5.73 Å². The van der Waals surface area contributed by atoms with E-state index < -0.39 is 16.3 Å². The second-order valence-electron chi connectivity index (χ2n) is 5.07. The maximum atomic E-state index is 12.9. The molecule has 0 amide bonds. The molecule has 2 heterocycles. The van der Waals surface area contributed by atoms with E-state index in [0.717, 1.165) is 11.6 Å². The van der Waals surface area contributed by atoms with Crippen LogP contribution in [0.5, 0.6) is 0 Å². The zero-order valence-electron chi connectivity index (χ0n) is 12.3. The van der Waals surface area contributed by atoms with E-state index in [1.54, 1.807) is 12.1 Å². The minimum atomic E-state index is -4.60. The lowest BCUT2D eigenvalue weighted by atomic mass is 10.1. The van der Waals surface area contributed by atoms with Crippen molar-refractivity contribution in [1.82, 2.24) is 15.2 Å². The third-order valence-electron chi connectivity index (χ3n) is 3.25. The van der Waals surface area contributed by atoms with Gasteiger partial charge in [0.05, 0.1) is 17.7 Å². The molecule has 0 fully saturated rings. The molecule has 5 nitrogen and oxygen atoms in total. The lowest BCUT2D eigenvalue weighted by molar-refractivity contribution is -0.138. The van der Waals surface area contributed by atoms with Crippen molar-refractivity contribution in [3.8, 4) is 11.6 Å². The minimum absolute atomic E-state index is 0.0577. The van der Waals surface area contributed by atoms with Gasteiger partial charge >= 0.3 is 6.18 Å². The number of anilines is 1. The van der Waals surface area contributed by atoms with Crippen molar-refractivity contribution in [2.24, 2.45) is 0 Å². The summed E-state index contributed by atoms with van der Waals surface area (Å²) in [5.74, 6) is -0.288. The number of rotatable bonds is 3. The molecule has 10 heteroatoms. The highest BCUT2D eigenvalue weighted by Gasteiger charge is 2.35. The molecule has 0 saturated heterocycles. The SMILES string of the molecule is Nc1cc(C(F)(F)F)c(Br)nc1-c1nnc(Cc2ccc(F)cc2)o1. The number of alkyl halides is 3. The first kappa shape index (κ1) is 17.3. The maximum absolute atomic E-state index is 12.9. The van der Waals surface area contributed by atoms with E-state index in [1.807, 2.05) is 0 Å². The van der Waals surface area contributed by atoms with E-state index in [-0.39, 0.29) is 35.4 Å². The van der Waals surface area contributed by atoms with Crippen molar-refractivity contribution in [1.29, 1.82) is 0 Å². The second kappa shape index (κ2) is 6.43. The summed E-state index contributed by atoms with van der Waals surface area (Å²) in [6.07, 6.45) is -4.37. The molecule has 3 rings (SSSR count). The Labute approximate surface area is 147 Å². The van der Waals surface area contributed by atoms with E-state index in [1.165, 1.54) is 12.1 Å². The third-order valence-corrected chi connectivity index (χ3v) is 3.85. The fourth-order valence-electron chi connectivity index (χ4n) is 2.07. The predicted molar refractivity (Wildman–Crippen MR) is 83.8 cm³/mol. The first-order valence-corrected chi connectivity index (χ1v) is 7.64. The van der Waals surface area contributed by atoms with Crippen molar-refractivity contribution < 1.29 is 22.0 Å². The number of benzene rings is 1. The van der Waals surface area contributed by atoms with Gasteiger partial charge < -0.3 is 10.2 Å². The molecule has 0 bridgehead atoms. The molecule has 2 aromatic heterocycles. The molecular weight excluding hydrogens is 408 g/mol. The van der Waals surface area contributed by atoms with Gasteiger partial charge in [-0.15, -0.1) is 10.2 Å². The maximum Gasteiger partial charge on any atom is 0.419 e. The number of nitrogens with zero attached hydrogens (tertiary/aromatic N) is 3. The number of hydrogen-bond acceptors (Lipinski definition) is 5. The topological polar surface area (TPSA) is 77.8 Å². The van der Waals surface area contributed by atoms with Gasteiger partial charge in [-0.2, -0.15) is 13.2 Å². The highest BCUT2D eigenvalue weighted by Crippen LogP contribution is 2.37. The van der Waals surface area contributed by atoms with E-state index in [9.17, 15) is 17.6 Å². The smallest absolute Gasteiger partial charge is 0.419 e. The van der Waals surface area contributed by atoms with Crippen LogP contribution >= 0.6 is 15.9 Å². The Morgan fingerprint density at radius 3 is 2.44 bits per heavy atom. The van der Waals surface area contributed by atoms with Gasteiger partial charge in [0, 0.05) is 0 Å². The third kappa shape index (κ3) is 3.78. The van der Waals surface area contributed by atoms with Gasteiger partial charge in [-0.25, -0.2) is 9.37 Å². The van der Waals surface area contributed by atoms with Crippen molar-refractivity contribution in [3.63, 3.8) is 0 Å². The number of pyridine rings is 1. The Hall–Kier alpha value is -2.49. The molecule has 1 aromatic carbocycles. The molecule has 0 unspecified atom stereocenters. The van der Waals surface area contributed by atoms with Gasteiger partial charge in [0.25, 0.3) is 5.89 Å². The molecule has 25 heavy (non-hydrogen) atoms. The Morgan fingerprint density at radius 2 is 1.80 bits per heavy atom. The van der Waals surface area contributed by atoms with Gasteiger partial charge in [0.15, 0.2) is 5.69 Å². The van der Waals surface area contributed by atoms with Crippen LogP contribution in [0.2, 0.25) is 0 Å². The molecule has 130 valence electrons. The van der Waals surface area contributed by atoms with Crippen LogP contribution in [0.1, 0.15) is 17.0 Å². The summed E-state index contributed by atoms with van der Waals surface area (Å²) in [5, 5.41) is 7.57. The van der Waals surface area contributed by atoms with Gasteiger partial charge in [-0.05, 0) is 39.7 Å². The van der Waals surface area contributed by atoms with Crippen LogP contribution in [0.4, 0.5) is 23.2 Å². The Balaban J connectivity index is 1.89. The van der Waals surface area contributed by atoms with Crippen LogP contribution in [0.3, 0.4) is 0 Å². The molecule has 0 atom stereocenters. The quantitative estimate of drug-likeness (QED) is 0.510. The summed E-state index contributed by atoms with van der Waals surface area (Å²) in [6.45, 7) is 0. The van der Waals surface area contributed by atoms with Crippen molar-refractivity contribution in [2.45, 2.75) is 12.6 Å². The number of nitrogens with two attached hydrogens (primary N) is 1. The summed E-state index contributed by atoms with van der Waals surface area (Å²) in [7, 11) is 0. The lowest BCUT2D eigenvalue weighted by Gasteiger charge is -2.10. The van der Waals surface area contributed by atoms with Crippen LogP contribution in [0, 0.1) is 5.82 Å². The summed E-state index contributed by atoms with van der Waals surface area (Å²) in [6, 6.07) is 6.44. The first-order valence-electron chi connectivity index (χ1n) is 6.84. The molecule has 2 N–H and O–H groups in total. The van der Waals surface area contributed by atoms with E-state index in [4.69, 9.17) is 10.2 Å². The predicted octanol–water partition coefficient (Wildman–Crippen LogP) is 4.23. The van der Waals surface area contributed by atoms with Crippen LogP contribution in [-0.2, 0) is 12.6 Å². The average Bonchev–Trinajstić information content (AvgIpc) is 2.98. The fraction of sp³-hybridized carbons (Fsp3) is 0.133. The van der Waals surface area contributed by atoms with Crippen molar-refractivity contribution in [3.05, 3.63) is 57.8 Å². The van der Waals surface area contributed by atoms with Crippen LogP contribution in [0.15, 0.2) is 39.4 Å². The number of nitrogen functional groups attached to an aromatic ring is 1. The van der Waals surface area contributed by atoms with Gasteiger partial charge in [-0.1, -0.05) is 12.1 Å². The van der Waals surface area contributed by atoms with Crippen molar-refractivity contribution >= 4 is 21.6 Å². The van der Waals surface area contributed by atoms with E-state index in [0.29, 0.717) is 0 Å². The molecule has 0 radical (unpaired) electrons. The largest absolute Gasteiger partial charge is 0.419 e. The Kier molecular flexibility index (Phi) is 4.46. The van der Waals surface area contributed by atoms with Crippen LogP contribution < -0.4 is 5.73 Å². The summed E-state index contributed by atoms with van der Waals surface area (Å²) < 4.78 is 56.4. The standard InChI is InChI=1S/C15H9BrF4N4O/c16-13-9(15(18,19)20)6-10(21)12(22-13)14-24-23-11(25-14)5-7-1-3-8(17)4-2-7/h1-4,6H,5,21H2. The summed E-state index contributed by atoms with van der Waals surface area (Å²) in [5.41, 5.74) is 5.07.